The van der Waals surface area contributed by atoms with E-state index in [9.17, 15) is 18.0 Å². The van der Waals surface area contributed by atoms with Crippen molar-refractivity contribution in [1.29, 1.82) is 0 Å². The second-order valence-corrected chi connectivity index (χ2v) is 4.69. The normalized spacial score (nSPS) is 18.9. The molecule has 1 atom stereocenters. The number of hydrogen-bond acceptors (Lipinski definition) is 2. The summed E-state index contributed by atoms with van der Waals surface area (Å²) in [7, 11) is 0. The number of allylic oxidation sites excluding steroid dienone is 1. The highest BCUT2D eigenvalue weighted by Crippen LogP contribution is 2.34. The van der Waals surface area contributed by atoms with Gasteiger partial charge in [0.1, 0.15) is 0 Å². The lowest BCUT2D eigenvalue weighted by Gasteiger charge is -2.21. The van der Waals surface area contributed by atoms with E-state index in [0.29, 0.717) is 5.69 Å². The number of carboxylic acid groups (broad SMARTS) is 1. The molecule has 0 saturated carbocycles. The Morgan fingerprint density at radius 2 is 2.05 bits per heavy atom. The molecule has 3 nitrogen and oxygen atoms in total. The van der Waals surface area contributed by atoms with Gasteiger partial charge in [0.15, 0.2) is 0 Å². The van der Waals surface area contributed by atoms with E-state index in [1.807, 2.05) is 12.2 Å². The number of anilines is 1. The third kappa shape index (κ3) is 3.31. The Hall–Kier alpha value is -1.98. The molecule has 1 aliphatic carbocycles. The van der Waals surface area contributed by atoms with Gasteiger partial charge in [0.2, 0.25) is 0 Å². The molecule has 0 fully saturated rings. The quantitative estimate of drug-likeness (QED) is 0.827. The Kier molecular flexibility index (Phi) is 4.01. The minimum absolute atomic E-state index is 0.0803. The Morgan fingerprint density at radius 1 is 1.30 bits per heavy atom. The summed E-state index contributed by atoms with van der Waals surface area (Å²) >= 11 is 0. The van der Waals surface area contributed by atoms with E-state index in [0.717, 1.165) is 31.4 Å². The summed E-state index contributed by atoms with van der Waals surface area (Å²) in [6.45, 7) is 0. The predicted molar refractivity (Wildman–Crippen MR) is 68.8 cm³/mol. The van der Waals surface area contributed by atoms with E-state index >= 15 is 0 Å². The van der Waals surface area contributed by atoms with Gasteiger partial charge in [0.05, 0.1) is 11.1 Å². The number of alkyl halides is 3. The predicted octanol–water partition coefficient (Wildman–Crippen LogP) is 3.92. The van der Waals surface area contributed by atoms with Crippen LogP contribution in [0.1, 0.15) is 35.2 Å². The summed E-state index contributed by atoms with van der Waals surface area (Å²) in [6.07, 6.45) is 1.82. The van der Waals surface area contributed by atoms with E-state index < -0.39 is 23.3 Å². The minimum atomic E-state index is -4.68. The molecule has 1 aliphatic rings. The summed E-state index contributed by atoms with van der Waals surface area (Å²) < 4.78 is 38.6. The van der Waals surface area contributed by atoms with Crippen molar-refractivity contribution < 1.29 is 23.1 Å². The van der Waals surface area contributed by atoms with Crippen LogP contribution in [0.5, 0.6) is 0 Å². The summed E-state index contributed by atoms with van der Waals surface area (Å²) in [4.78, 5) is 10.8. The number of hydrogen-bond donors (Lipinski definition) is 2. The lowest BCUT2D eigenvalue weighted by Crippen LogP contribution is -2.21. The molecule has 2 N–H and O–H groups in total. The second-order valence-electron chi connectivity index (χ2n) is 4.69. The molecule has 0 amide bonds. The largest absolute Gasteiger partial charge is 0.478 e. The maximum absolute atomic E-state index is 12.9. The standard InChI is InChI=1S/C14H14F3NO2/c15-14(16,17)12-8-10(6-7-11(12)13(19)20)18-9-4-2-1-3-5-9/h1-2,6-9,18H,3-5H2,(H,19,20). The van der Waals surface area contributed by atoms with E-state index in [4.69, 9.17) is 5.11 Å². The molecular weight excluding hydrogens is 271 g/mol. The Labute approximate surface area is 114 Å². The molecule has 2 rings (SSSR count). The van der Waals surface area contributed by atoms with Crippen LogP contribution in [0.25, 0.3) is 0 Å². The summed E-state index contributed by atoms with van der Waals surface area (Å²) in [5.74, 6) is -1.58. The van der Waals surface area contributed by atoms with Crippen molar-refractivity contribution in [3.63, 3.8) is 0 Å². The van der Waals surface area contributed by atoms with Crippen LogP contribution >= 0.6 is 0 Å². The Bertz CT molecular complexity index is 538. The molecule has 0 saturated heterocycles. The number of aromatic carboxylic acids is 1. The van der Waals surface area contributed by atoms with Gasteiger partial charge in [-0.15, -0.1) is 0 Å². The molecule has 1 aromatic carbocycles. The lowest BCUT2D eigenvalue weighted by atomic mass is 10.0. The van der Waals surface area contributed by atoms with Crippen molar-refractivity contribution in [2.75, 3.05) is 5.32 Å². The van der Waals surface area contributed by atoms with Crippen LogP contribution in [0.15, 0.2) is 30.4 Å². The highest BCUT2D eigenvalue weighted by Gasteiger charge is 2.35. The van der Waals surface area contributed by atoms with Crippen molar-refractivity contribution in [3.05, 3.63) is 41.5 Å². The number of rotatable bonds is 3. The number of benzene rings is 1. The molecule has 20 heavy (non-hydrogen) atoms. The first-order chi connectivity index (χ1) is 9.38. The number of halogens is 3. The van der Waals surface area contributed by atoms with E-state index in [-0.39, 0.29) is 6.04 Å². The molecule has 1 aromatic rings. The fourth-order valence-corrected chi connectivity index (χ4v) is 2.22. The van der Waals surface area contributed by atoms with Crippen LogP contribution < -0.4 is 5.32 Å². The zero-order valence-corrected chi connectivity index (χ0v) is 10.6. The van der Waals surface area contributed by atoms with Gasteiger partial charge in [0.25, 0.3) is 0 Å². The van der Waals surface area contributed by atoms with Gasteiger partial charge in [-0.05, 0) is 37.5 Å². The minimum Gasteiger partial charge on any atom is -0.478 e. The highest BCUT2D eigenvalue weighted by molar-refractivity contribution is 5.90. The van der Waals surface area contributed by atoms with Gasteiger partial charge in [-0.25, -0.2) is 4.79 Å². The SMILES string of the molecule is O=C(O)c1ccc(NC2CC=CCC2)cc1C(F)(F)F. The molecule has 1 unspecified atom stereocenters. The van der Waals surface area contributed by atoms with Crippen molar-refractivity contribution in [2.45, 2.75) is 31.5 Å². The molecule has 6 heteroatoms. The maximum Gasteiger partial charge on any atom is 0.417 e. The first kappa shape index (κ1) is 14.4. The van der Waals surface area contributed by atoms with Gasteiger partial charge in [0, 0.05) is 11.7 Å². The fraction of sp³-hybridized carbons (Fsp3) is 0.357. The third-order valence-corrected chi connectivity index (χ3v) is 3.20. The van der Waals surface area contributed by atoms with E-state index in [1.54, 1.807) is 0 Å². The van der Waals surface area contributed by atoms with Gasteiger partial charge in [-0.2, -0.15) is 13.2 Å². The first-order valence-electron chi connectivity index (χ1n) is 6.24. The number of carbonyl (C=O) groups is 1. The summed E-state index contributed by atoms with van der Waals surface area (Å²) in [5.41, 5.74) is -1.56. The zero-order valence-electron chi connectivity index (χ0n) is 10.6. The molecule has 0 aromatic heterocycles. The molecule has 0 radical (unpaired) electrons. The van der Waals surface area contributed by atoms with Crippen molar-refractivity contribution in [1.82, 2.24) is 0 Å². The summed E-state index contributed by atoms with van der Waals surface area (Å²) in [6, 6.07) is 3.31. The monoisotopic (exact) mass is 285 g/mol. The fourth-order valence-electron chi connectivity index (χ4n) is 2.22. The molecule has 0 bridgehead atoms. The molecular formula is C14H14F3NO2. The van der Waals surface area contributed by atoms with E-state index in [1.165, 1.54) is 6.07 Å². The van der Waals surface area contributed by atoms with Crippen LogP contribution in [-0.4, -0.2) is 17.1 Å². The van der Waals surface area contributed by atoms with Crippen LogP contribution in [0.3, 0.4) is 0 Å². The lowest BCUT2D eigenvalue weighted by molar-refractivity contribution is -0.138. The number of carboxylic acids is 1. The highest BCUT2D eigenvalue weighted by atomic mass is 19.4. The van der Waals surface area contributed by atoms with Gasteiger partial charge in [-0.3, -0.25) is 0 Å². The molecule has 108 valence electrons. The smallest absolute Gasteiger partial charge is 0.417 e. The average Bonchev–Trinajstić information content (AvgIpc) is 2.38. The Balaban J connectivity index is 2.27. The van der Waals surface area contributed by atoms with Crippen molar-refractivity contribution in [3.8, 4) is 0 Å². The first-order valence-corrected chi connectivity index (χ1v) is 6.24. The van der Waals surface area contributed by atoms with Crippen molar-refractivity contribution in [2.24, 2.45) is 0 Å². The van der Waals surface area contributed by atoms with Crippen LogP contribution in [0.4, 0.5) is 18.9 Å². The van der Waals surface area contributed by atoms with E-state index in [2.05, 4.69) is 5.32 Å². The van der Waals surface area contributed by atoms with Gasteiger partial charge < -0.3 is 10.4 Å². The summed E-state index contributed by atoms with van der Waals surface area (Å²) in [5, 5.41) is 11.8. The molecule has 0 spiro atoms. The van der Waals surface area contributed by atoms with Crippen LogP contribution in [0, 0.1) is 0 Å². The molecule has 0 aliphatic heterocycles. The third-order valence-electron chi connectivity index (χ3n) is 3.20. The Morgan fingerprint density at radius 3 is 2.60 bits per heavy atom. The van der Waals surface area contributed by atoms with Crippen molar-refractivity contribution >= 4 is 11.7 Å². The average molecular weight is 285 g/mol. The van der Waals surface area contributed by atoms with Gasteiger partial charge >= 0.3 is 12.1 Å². The topological polar surface area (TPSA) is 49.3 Å². The van der Waals surface area contributed by atoms with Crippen LogP contribution in [-0.2, 0) is 6.18 Å². The van der Waals surface area contributed by atoms with Gasteiger partial charge in [-0.1, -0.05) is 12.2 Å². The number of nitrogens with one attached hydrogen (secondary N) is 1. The maximum atomic E-state index is 12.9. The van der Waals surface area contributed by atoms with Crippen LogP contribution in [0.2, 0.25) is 0 Å². The zero-order chi connectivity index (χ0) is 14.8. The second kappa shape index (κ2) is 5.56. The molecule has 0 heterocycles.